The van der Waals surface area contributed by atoms with Gasteiger partial charge in [-0.15, -0.1) is 5.92 Å². The Bertz CT molecular complexity index is 1060. The molecule has 1 fully saturated rings. The zero-order chi connectivity index (χ0) is 26.4. The maximum atomic E-state index is 13.6. The monoisotopic (exact) mass is 508 g/mol. The molecule has 1 aromatic carbocycles. The molecule has 1 saturated heterocycles. The molecule has 0 spiro atoms. The number of hydrogen-bond acceptors (Lipinski definition) is 7. The molecule has 0 saturated carbocycles. The van der Waals surface area contributed by atoms with Crippen molar-refractivity contribution in [1.29, 1.82) is 0 Å². The summed E-state index contributed by atoms with van der Waals surface area (Å²) in [5.41, 5.74) is -1.50. The van der Waals surface area contributed by atoms with Gasteiger partial charge in [0.25, 0.3) is 0 Å². The molecule has 9 nitrogen and oxygen atoms in total. The summed E-state index contributed by atoms with van der Waals surface area (Å²) in [5, 5.41) is 0. The third-order valence-corrected chi connectivity index (χ3v) is 6.78. The second-order valence-electron chi connectivity index (χ2n) is 10.1. The van der Waals surface area contributed by atoms with E-state index >= 15 is 0 Å². The Morgan fingerprint density at radius 3 is 2.11 bits per heavy atom. The lowest BCUT2D eigenvalue weighted by Gasteiger charge is -2.30. The first kappa shape index (κ1) is 28.5. The van der Waals surface area contributed by atoms with Crippen LogP contribution in [-0.2, 0) is 24.3 Å². The number of carbonyl (C=O) groups is 2. The molecule has 1 aliphatic rings. The summed E-state index contributed by atoms with van der Waals surface area (Å²) >= 11 is 0. The third-order valence-electron chi connectivity index (χ3n) is 4.86. The molecule has 0 radical (unpaired) electrons. The zero-order valence-corrected chi connectivity index (χ0v) is 22.4. The molecule has 1 aromatic rings. The van der Waals surface area contributed by atoms with Crippen molar-refractivity contribution in [3.63, 3.8) is 0 Å². The number of ether oxygens (including phenoxy) is 3. The Balaban J connectivity index is 2.34. The van der Waals surface area contributed by atoms with Gasteiger partial charge in [-0.3, -0.25) is 4.79 Å². The van der Waals surface area contributed by atoms with E-state index in [1.165, 1.54) is 29.2 Å². The van der Waals surface area contributed by atoms with E-state index in [1.54, 1.807) is 48.5 Å². The molecule has 0 aromatic heterocycles. The highest BCUT2D eigenvalue weighted by Crippen LogP contribution is 2.26. The van der Waals surface area contributed by atoms with E-state index in [2.05, 4.69) is 11.8 Å². The molecule has 0 N–H and O–H groups in total. The van der Waals surface area contributed by atoms with E-state index in [0.29, 0.717) is 5.75 Å². The van der Waals surface area contributed by atoms with Crippen LogP contribution >= 0.6 is 0 Å². The second-order valence-corrected chi connectivity index (χ2v) is 12.0. The molecule has 1 heterocycles. The van der Waals surface area contributed by atoms with Crippen LogP contribution in [0.1, 0.15) is 54.9 Å². The fraction of sp³-hybridized carbons (Fsp3) is 0.600. The summed E-state index contributed by atoms with van der Waals surface area (Å²) in [6.45, 7) is 12.4. The minimum Gasteiger partial charge on any atom is -0.481 e. The Morgan fingerprint density at radius 2 is 1.57 bits per heavy atom. The molecule has 0 aliphatic carbocycles. The number of esters is 1. The molecular formula is C25H36N2O7S. The van der Waals surface area contributed by atoms with Crippen molar-refractivity contribution in [2.75, 3.05) is 26.2 Å². The molecule has 194 valence electrons. The highest BCUT2D eigenvalue weighted by molar-refractivity contribution is 7.89. The van der Waals surface area contributed by atoms with Gasteiger partial charge in [-0.2, -0.15) is 4.31 Å². The van der Waals surface area contributed by atoms with E-state index in [4.69, 9.17) is 14.2 Å². The van der Waals surface area contributed by atoms with Gasteiger partial charge in [0.05, 0.1) is 4.90 Å². The SMILES string of the molecule is CC#CCOc1ccc(S(=O)(=O)N2CCN(C(=O)OC(C)(C)C)CCC2C(=O)OC(C)(C)C)cc1. The predicted octanol–water partition coefficient (Wildman–Crippen LogP) is 3.43. The van der Waals surface area contributed by atoms with Crippen LogP contribution < -0.4 is 4.74 Å². The van der Waals surface area contributed by atoms with E-state index in [-0.39, 0.29) is 37.6 Å². The first-order valence-corrected chi connectivity index (χ1v) is 12.9. The van der Waals surface area contributed by atoms with Crippen LogP contribution in [0.2, 0.25) is 0 Å². The normalized spacial score (nSPS) is 17.6. The van der Waals surface area contributed by atoms with Crippen LogP contribution in [0.3, 0.4) is 0 Å². The molecule has 1 atom stereocenters. The number of benzene rings is 1. The summed E-state index contributed by atoms with van der Waals surface area (Å²) in [7, 11) is -4.09. The van der Waals surface area contributed by atoms with Crippen molar-refractivity contribution in [3.05, 3.63) is 24.3 Å². The van der Waals surface area contributed by atoms with Crippen LogP contribution in [0.4, 0.5) is 4.79 Å². The summed E-state index contributed by atoms with van der Waals surface area (Å²) in [5.74, 6) is 5.30. The smallest absolute Gasteiger partial charge is 0.410 e. The van der Waals surface area contributed by atoms with E-state index < -0.39 is 39.3 Å². The minimum atomic E-state index is -4.09. The minimum absolute atomic E-state index is 0.00528. The average molecular weight is 509 g/mol. The van der Waals surface area contributed by atoms with Crippen molar-refractivity contribution in [2.24, 2.45) is 0 Å². The maximum absolute atomic E-state index is 13.6. The molecule has 1 aliphatic heterocycles. The average Bonchev–Trinajstić information content (AvgIpc) is 2.96. The van der Waals surface area contributed by atoms with Crippen molar-refractivity contribution in [1.82, 2.24) is 9.21 Å². The Kier molecular flexibility index (Phi) is 9.20. The summed E-state index contributed by atoms with van der Waals surface area (Å²) in [6, 6.07) is 4.83. The van der Waals surface area contributed by atoms with Gasteiger partial charge in [0.1, 0.15) is 29.6 Å². The topological polar surface area (TPSA) is 102 Å². The Labute approximate surface area is 208 Å². The van der Waals surface area contributed by atoms with Gasteiger partial charge in [-0.25, -0.2) is 13.2 Å². The van der Waals surface area contributed by atoms with E-state index in [0.717, 1.165) is 4.31 Å². The molecule has 35 heavy (non-hydrogen) atoms. The summed E-state index contributed by atoms with van der Waals surface area (Å²) in [6.07, 6.45) is -0.485. The number of sulfonamides is 1. The fourth-order valence-electron chi connectivity index (χ4n) is 3.35. The first-order valence-electron chi connectivity index (χ1n) is 11.5. The number of hydrogen-bond donors (Lipinski definition) is 0. The number of rotatable bonds is 5. The molecule has 1 amide bonds. The van der Waals surface area contributed by atoms with Crippen molar-refractivity contribution >= 4 is 22.1 Å². The molecule has 0 bridgehead atoms. The zero-order valence-electron chi connectivity index (χ0n) is 21.6. The molecular weight excluding hydrogens is 472 g/mol. The van der Waals surface area contributed by atoms with Crippen molar-refractivity contribution in [2.45, 2.75) is 77.0 Å². The van der Waals surface area contributed by atoms with Crippen molar-refractivity contribution in [3.8, 4) is 17.6 Å². The van der Waals surface area contributed by atoms with Gasteiger partial charge in [0.2, 0.25) is 10.0 Å². The summed E-state index contributed by atoms with van der Waals surface area (Å²) in [4.78, 5) is 27.1. The van der Waals surface area contributed by atoms with Crippen LogP contribution in [0.5, 0.6) is 5.75 Å². The van der Waals surface area contributed by atoms with Crippen LogP contribution in [0.25, 0.3) is 0 Å². The standard InChI is InChI=1S/C25H36N2O7S/c1-8-9-18-32-19-10-12-20(13-11-19)35(30,31)27-17-16-26(23(29)34-25(5,6)7)15-14-21(27)22(28)33-24(2,3)4/h10-13,21H,14-18H2,1-7H3. The molecule has 10 heteroatoms. The third kappa shape index (κ3) is 8.44. The van der Waals surface area contributed by atoms with Crippen LogP contribution in [0.15, 0.2) is 29.2 Å². The lowest BCUT2D eigenvalue weighted by Crippen LogP contribution is -2.47. The summed E-state index contributed by atoms with van der Waals surface area (Å²) < 4.78 is 44.8. The maximum Gasteiger partial charge on any atom is 0.410 e. The Hall–Kier alpha value is -2.77. The van der Waals surface area contributed by atoms with Gasteiger partial charge >= 0.3 is 12.1 Å². The first-order chi connectivity index (χ1) is 16.1. The number of carbonyl (C=O) groups excluding carboxylic acids is 2. The van der Waals surface area contributed by atoms with Gasteiger partial charge < -0.3 is 19.1 Å². The number of nitrogens with zero attached hydrogens (tertiary/aromatic N) is 2. The van der Waals surface area contributed by atoms with Crippen LogP contribution in [0, 0.1) is 11.8 Å². The van der Waals surface area contributed by atoms with Crippen LogP contribution in [-0.4, -0.2) is 73.2 Å². The van der Waals surface area contributed by atoms with Gasteiger partial charge in [0, 0.05) is 19.6 Å². The lowest BCUT2D eigenvalue weighted by molar-refractivity contribution is -0.159. The highest BCUT2D eigenvalue weighted by Gasteiger charge is 2.41. The number of amides is 1. The Morgan fingerprint density at radius 1 is 0.971 bits per heavy atom. The molecule has 1 unspecified atom stereocenters. The quantitative estimate of drug-likeness (QED) is 0.443. The predicted molar refractivity (Wildman–Crippen MR) is 131 cm³/mol. The molecule has 2 rings (SSSR count). The largest absolute Gasteiger partial charge is 0.481 e. The van der Waals surface area contributed by atoms with Gasteiger partial charge in [-0.05, 0) is 79.2 Å². The highest BCUT2D eigenvalue weighted by atomic mass is 32.2. The van der Waals surface area contributed by atoms with Crippen molar-refractivity contribution < 1.29 is 32.2 Å². The van der Waals surface area contributed by atoms with E-state index in [9.17, 15) is 18.0 Å². The van der Waals surface area contributed by atoms with Gasteiger partial charge in [0.15, 0.2) is 0 Å². The second kappa shape index (κ2) is 11.3. The van der Waals surface area contributed by atoms with Gasteiger partial charge in [-0.1, -0.05) is 5.92 Å². The fourth-order valence-corrected chi connectivity index (χ4v) is 4.95. The van der Waals surface area contributed by atoms with E-state index in [1.807, 2.05) is 0 Å². The lowest BCUT2D eigenvalue weighted by atomic mass is 10.1.